The molecule has 0 amide bonds. The number of nitrogens with zero attached hydrogens (tertiary/aromatic N) is 2. The van der Waals surface area contributed by atoms with Gasteiger partial charge in [0.2, 0.25) is 0 Å². The Morgan fingerprint density at radius 2 is 2.33 bits per heavy atom. The summed E-state index contributed by atoms with van der Waals surface area (Å²) in [6.45, 7) is 7.57. The molecule has 0 aromatic carbocycles. The summed E-state index contributed by atoms with van der Waals surface area (Å²) >= 11 is 0. The number of rotatable bonds is 4. The molecule has 1 heterocycles. The van der Waals surface area contributed by atoms with Crippen molar-refractivity contribution in [2.24, 2.45) is 4.99 Å². The van der Waals surface area contributed by atoms with Crippen LogP contribution in [0, 0.1) is 0 Å². The van der Waals surface area contributed by atoms with Crippen molar-refractivity contribution in [1.82, 2.24) is 4.98 Å². The standard InChI is InChI=1S/C13H16N2/c1-4-6-12(9-14-3)13-7-11(5-2)8-15-10-13/h4,6-10H,3,5H2,1-2H3/b6-4-,12-9+. The summed E-state index contributed by atoms with van der Waals surface area (Å²) in [5, 5.41) is 0. The van der Waals surface area contributed by atoms with E-state index in [1.165, 1.54) is 5.56 Å². The lowest BCUT2D eigenvalue weighted by Gasteiger charge is -2.03. The highest BCUT2D eigenvalue weighted by atomic mass is 14.6. The van der Waals surface area contributed by atoms with Crippen LogP contribution in [0.25, 0.3) is 5.57 Å². The molecule has 0 radical (unpaired) electrons. The van der Waals surface area contributed by atoms with E-state index in [0.29, 0.717) is 0 Å². The molecule has 0 aliphatic rings. The maximum absolute atomic E-state index is 4.20. The Bertz CT molecular complexity index is 389. The van der Waals surface area contributed by atoms with Crippen LogP contribution in [0.3, 0.4) is 0 Å². The Hall–Kier alpha value is -1.70. The Balaban J connectivity index is 3.11. The number of allylic oxidation sites excluding steroid dienone is 3. The predicted octanol–water partition coefficient (Wildman–Crippen LogP) is 3.26. The minimum absolute atomic E-state index is 0.992. The Labute approximate surface area is 91.1 Å². The topological polar surface area (TPSA) is 25.2 Å². The van der Waals surface area contributed by atoms with Gasteiger partial charge >= 0.3 is 0 Å². The summed E-state index contributed by atoms with van der Waals surface area (Å²) in [5.74, 6) is 0. The van der Waals surface area contributed by atoms with Gasteiger partial charge in [-0.15, -0.1) is 0 Å². The van der Waals surface area contributed by atoms with Gasteiger partial charge in [-0.25, -0.2) is 0 Å². The van der Waals surface area contributed by atoms with Crippen LogP contribution in [0.15, 0.2) is 41.8 Å². The number of pyridine rings is 1. The highest BCUT2D eigenvalue weighted by Gasteiger charge is 1.99. The second-order valence-corrected chi connectivity index (χ2v) is 3.20. The van der Waals surface area contributed by atoms with Crippen LogP contribution >= 0.6 is 0 Å². The highest BCUT2D eigenvalue weighted by molar-refractivity contribution is 5.73. The van der Waals surface area contributed by atoms with Crippen molar-refractivity contribution in [2.45, 2.75) is 20.3 Å². The van der Waals surface area contributed by atoms with Gasteiger partial charge in [-0.05, 0) is 31.7 Å². The summed E-state index contributed by atoms with van der Waals surface area (Å²) in [4.78, 5) is 8.00. The Morgan fingerprint density at radius 3 is 2.93 bits per heavy atom. The maximum atomic E-state index is 4.20. The molecule has 1 rings (SSSR count). The fourth-order valence-electron chi connectivity index (χ4n) is 1.33. The third-order valence-corrected chi connectivity index (χ3v) is 2.11. The predicted molar refractivity (Wildman–Crippen MR) is 66.0 cm³/mol. The summed E-state index contributed by atoms with van der Waals surface area (Å²) in [6, 6.07) is 2.13. The fourth-order valence-corrected chi connectivity index (χ4v) is 1.33. The van der Waals surface area contributed by atoms with Gasteiger partial charge in [0.1, 0.15) is 0 Å². The van der Waals surface area contributed by atoms with Gasteiger partial charge in [0.25, 0.3) is 0 Å². The van der Waals surface area contributed by atoms with Crippen LogP contribution in [0.2, 0.25) is 0 Å². The molecule has 0 saturated carbocycles. The zero-order valence-electron chi connectivity index (χ0n) is 9.27. The van der Waals surface area contributed by atoms with Crippen LogP contribution in [-0.4, -0.2) is 11.7 Å². The SMILES string of the molecule is C=N/C=C(\C=C/C)c1cncc(CC)c1. The molecule has 0 unspecified atom stereocenters. The highest BCUT2D eigenvalue weighted by Crippen LogP contribution is 2.16. The second-order valence-electron chi connectivity index (χ2n) is 3.20. The third kappa shape index (κ3) is 3.17. The molecule has 0 N–H and O–H groups in total. The number of aliphatic imine (C=N–C) groups is 1. The van der Waals surface area contributed by atoms with E-state index < -0.39 is 0 Å². The molecule has 15 heavy (non-hydrogen) atoms. The fraction of sp³-hybridized carbons (Fsp3) is 0.231. The minimum Gasteiger partial charge on any atom is -0.272 e. The first kappa shape index (κ1) is 11.4. The van der Waals surface area contributed by atoms with Crippen LogP contribution in [-0.2, 0) is 6.42 Å². The van der Waals surface area contributed by atoms with E-state index in [2.05, 4.69) is 29.7 Å². The molecule has 78 valence electrons. The first-order valence-corrected chi connectivity index (χ1v) is 5.04. The smallest absolute Gasteiger partial charge is 0.0347 e. The van der Waals surface area contributed by atoms with E-state index in [1.807, 2.05) is 31.5 Å². The van der Waals surface area contributed by atoms with E-state index in [4.69, 9.17) is 0 Å². The van der Waals surface area contributed by atoms with Crippen LogP contribution in [0.1, 0.15) is 25.0 Å². The van der Waals surface area contributed by atoms with Crippen LogP contribution in [0.5, 0.6) is 0 Å². The molecule has 2 nitrogen and oxygen atoms in total. The average molecular weight is 200 g/mol. The van der Waals surface area contributed by atoms with Gasteiger partial charge in [0.05, 0.1) is 0 Å². The van der Waals surface area contributed by atoms with E-state index >= 15 is 0 Å². The van der Waals surface area contributed by atoms with E-state index in [0.717, 1.165) is 17.6 Å². The molecular weight excluding hydrogens is 184 g/mol. The van der Waals surface area contributed by atoms with E-state index in [-0.39, 0.29) is 0 Å². The van der Waals surface area contributed by atoms with Gasteiger partial charge in [0.15, 0.2) is 0 Å². The van der Waals surface area contributed by atoms with Crippen LogP contribution in [0.4, 0.5) is 0 Å². The zero-order valence-corrected chi connectivity index (χ0v) is 9.27. The lowest BCUT2D eigenvalue weighted by molar-refractivity contribution is 1.10. The van der Waals surface area contributed by atoms with Crippen molar-refractivity contribution in [3.63, 3.8) is 0 Å². The zero-order chi connectivity index (χ0) is 11.1. The molecule has 0 aliphatic heterocycles. The van der Waals surface area contributed by atoms with Crippen molar-refractivity contribution in [3.8, 4) is 0 Å². The molecule has 0 saturated heterocycles. The lowest BCUT2D eigenvalue weighted by atomic mass is 10.1. The molecule has 1 aromatic rings. The Morgan fingerprint density at radius 1 is 1.53 bits per heavy atom. The second kappa shape index (κ2) is 5.91. The summed E-state index contributed by atoms with van der Waals surface area (Å²) in [5.41, 5.74) is 3.35. The monoisotopic (exact) mass is 200 g/mol. The summed E-state index contributed by atoms with van der Waals surface area (Å²) in [7, 11) is 0. The number of hydrogen-bond donors (Lipinski definition) is 0. The van der Waals surface area contributed by atoms with E-state index in [9.17, 15) is 0 Å². The van der Waals surface area contributed by atoms with Gasteiger partial charge in [-0.1, -0.05) is 19.1 Å². The van der Waals surface area contributed by atoms with Gasteiger partial charge in [-0.2, -0.15) is 0 Å². The molecule has 0 bridgehead atoms. The molecule has 0 spiro atoms. The average Bonchev–Trinajstić information content (AvgIpc) is 2.29. The van der Waals surface area contributed by atoms with Crippen molar-refractivity contribution in [2.75, 3.05) is 0 Å². The van der Waals surface area contributed by atoms with Crippen molar-refractivity contribution < 1.29 is 0 Å². The summed E-state index contributed by atoms with van der Waals surface area (Å²) < 4.78 is 0. The van der Waals surface area contributed by atoms with Crippen molar-refractivity contribution in [3.05, 3.63) is 47.9 Å². The number of aromatic nitrogens is 1. The minimum atomic E-state index is 0.992. The third-order valence-electron chi connectivity index (χ3n) is 2.11. The molecule has 1 aromatic heterocycles. The normalized spacial score (nSPS) is 12.0. The summed E-state index contributed by atoms with van der Waals surface area (Å²) in [6.07, 6.45) is 10.5. The van der Waals surface area contributed by atoms with E-state index in [1.54, 1.807) is 6.20 Å². The molecule has 0 atom stereocenters. The quantitative estimate of drug-likeness (QED) is 0.541. The first-order valence-electron chi connectivity index (χ1n) is 5.04. The number of aryl methyl sites for hydroxylation is 1. The molecule has 0 aliphatic carbocycles. The maximum Gasteiger partial charge on any atom is 0.0347 e. The molecule has 0 fully saturated rings. The largest absolute Gasteiger partial charge is 0.272 e. The van der Waals surface area contributed by atoms with Gasteiger partial charge in [-0.3, -0.25) is 9.98 Å². The van der Waals surface area contributed by atoms with Crippen molar-refractivity contribution in [1.29, 1.82) is 0 Å². The lowest BCUT2D eigenvalue weighted by Crippen LogP contribution is -1.88. The molecule has 2 heteroatoms. The van der Waals surface area contributed by atoms with Gasteiger partial charge < -0.3 is 0 Å². The van der Waals surface area contributed by atoms with Crippen molar-refractivity contribution >= 4 is 12.3 Å². The Kier molecular flexibility index (Phi) is 4.48. The first-order chi connectivity index (χ1) is 7.31. The van der Waals surface area contributed by atoms with Crippen LogP contribution < -0.4 is 0 Å². The number of hydrogen-bond acceptors (Lipinski definition) is 2. The molecular formula is C13H16N2. The van der Waals surface area contributed by atoms with Gasteiger partial charge in [0, 0.05) is 29.7 Å².